The van der Waals surface area contributed by atoms with Gasteiger partial charge in [0.05, 0.1) is 27.9 Å². The minimum atomic E-state index is -4.50. The van der Waals surface area contributed by atoms with Crippen LogP contribution in [0.15, 0.2) is 24.4 Å². The molecule has 142 valence electrons. The van der Waals surface area contributed by atoms with Crippen molar-refractivity contribution in [2.75, 3.05) is 27.9 Å². The fraction of sp³-hybridized carbons (Fsp3) is 0.375. The monoisotopic (exact) mass is 373 g/mol. The minimum absolute atomic E-state index is 0.0895. The van der Waals surface area contributed by atoms with Gasteiger partial charge in [0.1, 0.15) is 0 Å². The molecule has 1 N–H and O–H groups in total. The van der Waals surface area contributed by atoms with Gasteiger partial charge in [0, 0.05) is 18.3 Å². The molecule has 0 radical (unpaired) electrons. The molecule has 2 aromatic rings. The highest BCUT2D eigenvalue weighted by molar-refractivity contribution is 5.95. The van der Waals surface area contributed by atoms with Crippen LogP contribution in [0.4, 0.5) is 13.2 Å². The lowest BCUT2D eigenvalue weighted by Crippen LogP contribution is -2.27. The van der Waals surface area contributed by atoms with E-state index in [0.29, 0.717) is 17.2 Å². The number of hydrogen-bond acceptors (Lipinski definition) is 5. The average Bonchev–Trinajstić information content (AvgIpc) is 3.09. The quantitative estimate of drug-likeness (QED) is 0.807. The molecule has 26 heavy (non-hydrogen) atoms. The first kappa shape index (κ1) is 19.4. The summed E-state index contributed by atoms with van der Waals surface area (Å²) in [6.45, 7) is 0.181. The normalized spacial score (nSPS) is 11.2. The number of amides is 1. The van der Waals surface area contributed by atoms with E-state index in [1.807, 2.05) is 0 Å². The zero-order valence-electron chi connectivity index (χ0n) is 14.4. The van der Waals surface area contributed by atoms with Gasteiger partial charge in [-0.15, -0.1) is 0 Å². The number of carbonyl (C=O) groups excluding carboxylic acids is 1. The van der Waals surface area contributed by atoms with Gasteiger partial charge < -0.3 is 19.5 Å². The molecule has 0 saturated heterocycles. The second-order valence-corrected chi connectivity index (χ2v) is 5.13. The average molecular weight is 373 g/mol. The molecule has 0 spiro atoms. The Kier molecular flexibility index (Phi) is 5.96. The number of carbonyl (C=O) groups is 1. The molecule has 2 rings (SSSR count). The van der Waals surface area contributed by atoms with Gasteiger partial charge in [0.2, 0.25) is 5.75 Å². The largest absolute Gasteiger partial charge is 0.493 e. The van der Waals surface area contributed by atoms with Crippen molar-refractivity contribution in [3.8, 4) is 17.2 Å². The van der Waals surface area contributed by atoms with Gasteiger partial charge in [-0.1, -0.05) is 0 Å². The number of benzene rings is 1. The molecule has 0 fully saturated rings. The smallest absolute Gasteiger partial charge is 0.435 e. The van der Waals surface area contributed by atoms with Crippen LogP contribution in [0.5, 0.6) is 17.2 Å². The number of rotatable bonds is 7. The summed E-state index contributed by atoms with van der Waals surface area (Å²) in [6, 6.07) is 3.83. The molecule has 7 nitrogen and oxygen atoms in total. The molecular formula is C16H18F3N3O4. The van der Waals surface area contributed by atoms with Crippen molar-refractivity contribution in [3.63, 3.8) is 0 Å². The van der Waals surface area contributed by atoms with Gasteiger partial charge in [0.25, 0.3) is 5.91 Å². The molecule has 0 atom stereocenters. The molecule has 0 aliphatic rings. The van der Waals surface area contributed by atoms with Crippen molar-refractivity contribution in [2.24, 2.45) is 0 Å². The molecule has 1 heterocycles. The first-order valence-corrected chi connectivity index (χ1v) is 7.49. The first-order chi connectivity index (χ1) is 12.3. The van der Waals surface area contributed by atoms with Crippen LogP contribution in [-0.2, 0) is 12.7 Å². The van der Waals surface area contributed by atoms with Crippen molar-refractivity contribution in [1.82, 2.24) is 15.1 Å². The highest BCUT2D eigenvalue weighted by atomic mass is 19.4. The SMILES string of the molecule is COc1cc(C(=O)NCCn2ccc(C(F)(F)F)n2)cc(OC)c1OC. The standard InChI is InChI=1S/C16H18F3N3O4/c1-24-11-8-10(9-12(25-2)14(11)26-3)15(23)20-5-7-22-6-4-13(21-22)16(17,18)19/h4,6,8-9H,5,7H2,1-3H3,(H,20,23). The summed E-state index contributed by atoms with van der Waals surface area (Å²) >= 11 is 0. The summed E-state index contributed by atoms with van der Waals surface area (Å²) in [5, 5.41) is 6.01. The van der Waals surface area contributed by atoms with Crippen LogP contribution < -0.4 is 19.5 Å². The molecule has 10 heteroatoms. The van der Waals surface area contributed by atoms with E-state index in [-0.39, 0.29) is 18.7 Å². The molecule has 0 aliphatic heterocycles. The Balaban J connectivity index is 2.03. The number of methoxy groups -OCH3 is 3. The maximum absolute atomic E-state index is 12.5. The van der Waals surface area contributed by atoms with Gasteiger partial charge in [-0.05, 0) is 18.2 Å². The lowest BCUT2D eigenvalue weighted by Gasteiger charge is -2.14. The lowest BCUT2D eigenvalue weighted by molar-refractivity contribution is -0.141. The Morgan fingerprint density at radius 1 is 1.15 bits per heavy atom. The van der Waals surface area contributed by atoms with Crippen LogP contribution in [0.3, 0.4) is 0 Å². The predicted molar refractivity (Wildman–Crippen MR) is 85.7 cm³/mol. The summed E-state index contributed by atoms with van der Waals surface area (Å²) in [5.74, 6) is 0.549. The van der Waals surface area contributed by atoms with Crippen LogP contribution >= 0.6 is 0 Å². The molecule has 1 amide bonds. The van der Waals surface area contributed by atoms with Gasteiger partial charge >= 0.3 is 6.18 Å². The minimum Gasteiger partial charge on any atom is -0.493 e. The van der Waals surface area contributed by atoms with E-state index in [1.54, 1.807) is 0 Å². The third-order valence-electron chi connectivity index (χ3n) is 3.48. The Morgan fingerprint density at radius 3 is 2.23 bits per heavy atom. The number of nitrogens with zero attached hydrogens (tertiary/aromatic N) is 2. The molecule has 0 aliphatic carbocycles. The van der Waals surface area contributed by atoms with Crippen molar-refractivity contribution < 1.29 is 32.2 Å². The van der Waals surface area contributed by atoms with Gasteiger partial charge in [-0.25, -0.2) is 0 Å². The molecule has 0 saturated carbocycles. The van der Waals surface area contributed by atoms with Crippen LogP contribution in [0.2, 0.25) is 0 Å². The maximum Gasteiger partial charge on any atom is 0.435 e. The highest BCUT2D eigenvalue weighted by Gasteiger charge is 2.33. The summed E-state index contributed by atoms with van der Waals surface area (Å²) < 4.78 is 54.1. The van der Waals surface area contributed by atoms with E-state index >= 15 is 0 Å². The van der Waals surface area contributed by atoms with Crippen LogP contribution in [0.1, 0.15) is 16.1 Å². The number of alkyl halides is 3. The summed E-state index contributed by atoms with van der Waals surface area (Å²) in [7, 11) is 4.29. The first-order valence-electron chi connectivity index (χ1n) is 7.49. The van der Waals surface area contributed by atoms with Gasteiger partial charge in [-0.3, -0.25) is 9.48 Å². The van der Waals surface area contributed by atoms with E-state index in [1.165, 1.54) is 39.7 Å². The molecule has 0 unspecified atom stereocenters. The fourth-order valence-electron chi connectivity index (χ4n) is 2.24. The van der Waals surface area contributed by atoms with Crippen LogP contribution in [0.25, 0.3) is 0 Å². The zero-order valence-corrected chi connectivity index (χ0v) is 14.4. The lowest BCUT2D eigenvalue weighted by atomic mass is 10.1. The number of halogens is 3. The van der Waals surface area contributed by atoms with E-state index in [0.717, 1.165) is 10.7 Å². The number of aromatic nitrogens is 2. The van der Waals surface area contributed by atoms with Crippen molar-refractivity contribution >= 4 is 5.91 Å². The fourth-order valence-corrected chi connectivity index (χ4v) is 2.24. The Bertz CT molecular complexity index is 749. The molecule has 1 aromatic heterocycles. The van der Waals surface area contributed by atoms with Crippen molar-refractivity contribution in [1.29, 1.82) is 0 Å². The topological polar surface area (TPSA) is 74.6 Å². The number of ether oxygens (including phenoxy) is 3. The van der Waals surface area contributed by atoms with E-state index < -0.39 is 17.8 Å². The van der Waals surface area contributed by atoms with Gasteiger partial charge in [-0.2, -0.15) is 18.3 Å². The third-order valence-corrected chi connectivity index (χ3v) is 3.48. The second kappa shape index (κ2) is 7.98. The van der Waals surface area contributed by atoms with E-state index in [2.05, 4.69) is 10.4 Å². The predicted octanol–water partition coefficient (Wildman–Crippen LogP) is 2.36. The molecule has 0 bridgehead atoms. The zero-order chi connectivity index (χ0) is 19.3. The van der Waals surface area contributed by atoms with Crippen molar-refractivity contribution in [3.05, 3.63) is 35.7 Å². The van der Waals surface area contributed by atoms with E-state index in [4.69, 9.17) is 14.2 Å². The van der Waals surface area contributed by atoms with Crippen molar-refractivity contribution in [2.45, 2.75) is 12.7 Å². The number of nitrogens with one attached hydrogen (secondary N) is 1. The third kappa shape index (κ3) is 4.38. The van der Waals surface area contributed by atoms with Crippen LogP contribution in [-0.4, -0.2) is 43.6 Å². The highest BCUT2D eigenvalue weighted by Crippen LogP contribution is 2.38. The number of hydrogen-bond donors (Lipinski definition) is 1. The Morgan fingerprint density at radius 2 is 1.77 bits per heavy atom. The Hall–Kier alpha value is -2.91. The second-order valence-electron chi connectivity index (χ2n) is 5.13. The summed E-state index contributed by atoms with van der Waals surface area (Å²) in [4.78, 5) is 12.3. The van der Waals surface area contributed by atoms with Gasteiger partial charge in [0.15, 0.2) is 17.2 Å². The maximum atomic E-state index is 12.5. The van der Waals surface area contributed by atoms with E-state index in [9.17, 15) is 18.0 Å². The van der Waals surface area contributed by atoms with Crippen LogP contribution in [0, 0.1) is 0 Å². The molecule has 1 aromatic carbocycles. The molecular weight excluding hydrogens is 355 g/mol. The Labute approximate surface area is 147 Å². The summed E-state index contributed by atoms with van der Waals surface area (Å²) in [5.41, 5.74) is -0.718. The summed E-state index contributed by atoms with van der Waals surface area (Å²) in [6.07, 6.45) is -3.29.